The second-order valence-electron chi connectivity index (χ2n) is 7.69. The highest BCUT2D eigenvalue weighted by Crippen LogP contribution is 2.44. The van der Waals surface area contributed by atoms with Crippen LogP contribution in [-0.2, 0) is 21.7 Å². The van der Waals surface area contributed by atoms with Crippen LogP contribution in [0.15, 0.2) is 36.4 Å². The molecule has 158 valence electrons. The number of carbonyl (C=O) groups excluding carboxylic acids is 1. The number of likely N-dealkylation sites (tertiary alicyclic amines) is 1. The second kappa shape index (κ2) is 8.55. The molecule has 6 nitrogen and oxygen atoms in total. The van der Waals surface area contributed by atoms with Gasteiger partial charge in [0.1, 0.15) is 0 Å². The number of halogens is 2. The van der Waals surface area contributed by atoms with Crippen LogP contribution in [0.25, 0.3) is 0 Å². The minimum Gasteiger partial charge on any atom is -0.481 e. The number of aliphatic carboxylic acids is 1. The third kappa shape index (κ3) is 4.18. The SMILES string of the molecule is O=C(O)CCN1CCC2(CC1)OCc1cc(C(=O)Nc3c(Cl)cccc3Cl)ccc12. The molecule has 8 heteroatoms. The molecule has 2 aromatic carbocycles. The van der Waals surface area contributed by atoms with Gasteiger partial charge in [-0.25, -0.2) is 0 Å². The Kier molecular flexibility index (Phi) is 6.02. The number of rotatable bonds is 5. The van der Waals surface area contributed by atoms with E-state index in [0.717, 1.165) is 37.1 Å². The number of para-hydroxylation sites is 1. The quantitative estimate of drug-likeness (QED) is 0.701. The van der Waals surface area contributed by atoms with Crippen molar-refractivity contribution in [3.05, 3.63) is 63.1 Å². The number of carboxylic acids is 1. The van der Waals surface area contributed by atoms with Gasteiger partial charge in [0.15, 0.2) is 0 Å². The summed E-state index contributed by atoms with van der Waals surface area (Å²) in [4.78, 5) is 25.7. The van der Waals surface area contributed by atoms with Gasteiger partial charge in [-0.3, -0.25) is 9.59 Å². The van der Waals surface area contributed by atoms with Crippen LogP contribution in [0.4, 0.5) is 5.69 Å². The van der Waals surface area contributed by atoms with E-state index >= 15 is 0 Å². The van der Waals surface area contributed by atoms with Gasteiger partial charge < -0.3 is 20.1 Å². The highest BCUT2D eigenvalue weighted by molar-refractivity contribution is 6.40. The molecule has 2 heterocycles. The summed E-state index contributed by atoms with van der Waals surface area (Å²) in [5, 5.41) is 12.4. The van der Waals surface area contributed by atoms with Crippen molar-refractivity contribution in [3.8, 4) is 0 Å². The Morgan fingerprint density at radius 2 is 1.83 bits per heavy atom. The first-order chi connectivity index (χ1) is 14.4. The minimum absolute atomic E-state index is 0.151. The average Bonchev–Trinajstić information content (AvgIpc) is 3.08. The molecule has 0 atom stereocenters. The number of anilines is 1. The van der Waals surface area contributed by atoms with Crippen molar-refractivity contribution in [2.75, 3.05) is 25.0 Å². The van der Waals surface area contributed by atoms with Crippen molar-refractivity contribution in [2.24, 2.45) is 0 Å². The molecule has 2 aromatic rings. The summed E-state index contributed by atoms with van der Waals surface area (Å²) in [6.07, 6.45) is 1.76. The number of hydrogen-bond donors (Lipinski definition) is 2. The summed E-state index contributed by atoms with van der Waals surface area (Å²) in [6, 6.07) is 10.7. The lowest BCUT2D eigenvalue weighted by Crippen LogP contribution is -2.43. The normalized spacial score (nSPS) is 17.7. The summed E-state index contributed by atoms with van der Waals surface area (Å²) in [7, 11) is 0. The number of piperidine rings is 1. The second-order valence-corrected chi connectivity index (χ2v) is 8.51. The van der Waals surface area contributed by atoms with Gasteiger partial charge in [0, 0.05) is 25.2 Å². The van der Waals surface area contributed by atoms with Crippen LogP contribution in [0, 0.1) is 0 Å². The van der Waals surface area contributed by atoms with Crippen LogP contribution in [0.3, 0.4) is 0 Å². The lowest BCUT2D eigenvalue weighted by Gasteiger charge is -2.39. The predicted molar refractivity (Wildman–Crippen MR) is 115 cm³/mol. The van der Waals surface area contributed by atoms with Gasteiger partial charge in [-0.1, -0.05) is 35.3 Å². The van der Waals surface area contributed by atoms with Crippen LogP contribution >= 0.6 is 23.2 Å². The fraction of sp³-hybridized carbons (Fsp3) is 0.364. The van der Waals surface area contributed by atoms with E-state index in [-0.39, 0.29) is 17.9 Å². The largest absolute Gasteiger partial charge is 0.481 e. The maximum atomic E-state index is 12.7. The van der Waals surface area contributed by atoms with Crippen molar-refractivity contribution in [1.29, 1.82) is 0 Å². The Morgan fingerprint density at radius 3 is 2.50 bits per heavy atom. The molecule has 1 amide bonds. The van der Waals surface area contributed by atoms with Crippen molar-refractivity contribution in [3.63, 3.8) is 0 Å². The molecule has 2 aliphatic rings. The highest BCUT2D eigenvalue weighted by atomic mass is 35.5. The highest BCUT2D eigenvalue weighted by Gasteiger charge is 2.42. The zero-order chi connectivity index (χ0) is 21.3. The molecule has 0 bridgehead atoms. The zero-order valence-corrected chi connectivity index (χ0v) is 17.8. The van der Waals surface area contributed by atoms with Crippen molar-refractivity contribution in [1.82, 2.24) is 4.90 Å². The first-order valence-corrected chi connectivity index (χ1v) is 10.6. The molecule has 4 rings (SSSR count). The molecule has 30 heavy (non-hydrogen) atoms. The first-order valence-electron chi connectivity index (χ1n) is 9.85. The van der Waals surface area contributed by atoms with E-state index < -0.39 is 5.97 Å². The molecule has 0 radical (unpaired) electrons. The van der Waals surface area contributed by atoms with Crippen molar-refractivity contribution >= 4 is 40.8 Å². The molecule has 0 unspecified atom stereocenters. The lowest BCUT2D eigenvalue weighted by atomic mass is 9.83. The topological polar surface area (TPSA) is 78.9 Å². The average molecular weight is 449 g/mol. The van der Waals surface area contributed by atoms with Gasteiger partial charge in [-0.05, 0) is 48.2 Å². The number of ether oxygens (including phenoxy) is 1. The number of nitrogens with zero attached hydrogens (tertiary/aromatic N) is 1. The van der Waals surface area contributed by atoms with E-state index in [1.54, 1.807) is 24.3 Å². The van der Waals surface area contributed by atoms with E-state index in [1.165, 1.54) is 0 Å². The number of amides is 1. The van der Waals surface area contributed by atoms with E-state index in [4.69, 9.17) is 33.0 Å². The maximum Gasteiger partial charge on any atom is 0.304 e. The van der Waals surface area contributed by atoms with Gasteiger partial charge in [0.05, 0.1) is 34.4 Å². The Labute approximate surface area is 184 Å². The number of benzene rings is 2. The van der Waals surface area contributed by atoms with Crippen LogP contribution in [0.2, 0.25) is 10.0 Å². The number of carboxylic acid groups (broad SMARTS) is 1. The Bertz CT molecular complexity index is 967. The van der Waals surface area contributed by atoms with Crippen molar-refractivity contribution in [2.45, 2.75) is 31.5 Å². The monoisotopic (exact) mass is 448 g/mol. The summed E-state index contributed by atoms with van der Waals surface area (Å²) in [6.45, 7) is 2.60. The summed E-state index contributed by atoms with van der Waals surface area (Å²) >= 11 is 12.3. The molecule has 1 fully saturated rings. The van der Waals surface area contributed by atoms with Crippen LogP contribution in [0.5, 0.6) is 0 Å². The van der Waals surface area contributed by atoms with E-state index in [9.17, 15) is 9.59 Å². The zero-order valence-electron chi connectivity index (χ0n) is 16.3. The summed E-state index contributed by atoms with van der Waals surface area (Å²) < 4.78 is 6.20. The Hall–Kier alpha value is -2.12. The lowest BCUT2D eigenvalue weighted by molar-refractivity contribution is -0.137. The van der Waals surface area contributed by atoms with Gasteiger partial charge in [-0.2, -0.15) is 0 Å². The van der Waals surface area contributed by atoms with Gasteiger partial charge >= 0.3 is 5.97 Å². The summed E-state index contributed by atoms with van der Waals surface area (Å²) in [5.74, 6) is -1.06. The Balaban J connectivity index is 1.46. The first kappa shape index (κ1) is 21.1. The number of carbonyl (C=O) groups is 2. The standard InChI is InChI=1S/C22H22Cl2N2O4/c23-17-2-1-3-18(24)20(17)25-21(29)14-4-5-16-15(12-14)13-30-22(16)7-10-26(11-8-22)9-6-19(27)28/h1-5,12H,6-11,13H2,(H,25,29)(H,27,28). The molecule has 0 saturated carbocycles. The molecule has 2 aliphatic heterocycles. The third-order valence-electron chi connectivity index (χ3n) is 5.87. The van der Waals surface area contributed by atoms with Crippen LogP contribution in [-0.4, -0.2) is 41.5 Å². The van der Waals surface area contributed by atoms with Crippen molar-refractivity contribution < 1.29 is 19.4 Å². The van der Waals surface area contributed by atoms with E-state index in [0.29, 0.717) is 34.4 Å². The smallest absolute Gasteiger partial charge is 0.304 e. The predicted octanol–water partition coefficient (Wildman–Crippen LogP) is 4.54. The molecular weight excluding hydrogens is 427 g/mol. The van der Waals surface area contributed by atoms with Gasteiger partial charge in [-0.15, -0.1) is 0 Å². The molecule has 1 saturated heterocycles. The molecule has 1 spiro atoms. The third-order valence-corrected chi connectivity index (χ3v) is 6.50. The van der Waals surface area contributed by atoms with Crippen LogP contribution < -0.4 is 5.32 Å². The summed E-state index contributed by atoms with van der Waals surface area (Å²) in [5.41, 5.74) is 2.69. The van der Waals surface area contributed by atoms with Gasteiger partial charge in [0.25, 0.3) is 5.91 Å². The number of hydrogen-bond acceptors (Lipinski definition) is 4. The van der Waals surface area contributed by atoms with E-state index in [2.05, 4.69) is 10.2 Å². The van der Waals surface area contributed by atoms with E-state index in [1.807, 2.05) is 12.1 Å². The van der Waals surface area contributed by atoms with Gasteiger partial charge in [0.2, 0.25) is 0 Å². The number of nitrogens with one attached hydrogen (secondary N) is 1. The maximum absolute atomic E-state index is 12.7. The fourth-order valence-electron chi connectivity index (χ4n) is 4.20. The molecule has 0 aromatic heterocycles. The Morgan fingerprint density at radius 1 is 1.13 bits per heavy atom. The molecule has 2 N–H and O–H groups in total. The fourth-order valence-corrected chi connectivity index (χ4v) is 4.69. The number of fused-ring (bicyclic) bond motifs is 2. The van der Waals surface area contributed by atoms with Crippen LogP contribution in [0.1, 0.15) is 40.7 Å². The molecular formula is C22H22Cl2N2O4. The minimum atomic E-state index is -0.776. The molecule has 0 aliphatic carbocycles.